The molecule has 5 heteroatoms. The highest BCUT2D eigenvalue weighted by molar-refractivity contribution is 9.10. The normalized spacial score (nSPS) is 10.7. The summed E-state index contributed by atoms with van der Waals surface area (Å²) >= 11 is 3.43. The minimum atomic E-state index is -0.937. The Kier molecular flexibility index (Phi) is 4.96. The van der Waals surface area contributed by atoms with Crippen LogP contribution in [0.25, 0.3) is 10.8 Å². The van der Waals surface area contributed by atoms with Crippen LogP contribution in [-0.4, -0.2) is 26.2 Å². The van der Waals surface area contributed by atoms with Crippen LogP contribution in [0.1, 0.15) is 5.56 Å². The Labute approximate surface area is 131 Å². The van der Waals surface area contributed by atoms with Crippen molar-refractivity contribution >= 4 is 38.6 Å². The van der Waals surface area contributed by atoms with Crippen LogP contribution in [0.15, 0.2) is 40.9 Å². The highest BCUT2D eigenvalue weighted by Crippen LogP contribution is 2.22. The van der Waals surface area contributed by atoms with Crippen molar-refractivity contribution in [2.45, 2.75) is 6.42 Å². The van der Waals surface area contributed by atoms with Gasteiger partial charge in [-0.05, 0) is 34.9 Å². The quantitative estimate of drug-likeness (QED) is 0.627. The number of carbonyl (C=O) groups excluding carboxylic acids is 2. The first-order valence-electron chi connectivity index (χ1n) is 6.39. The molecule has 2 aromatic rings. The van der Waals surface area contributed by atoms with Crippen LogP contribution in [-0.2, 0) is 25.5 Å². The van der Waals surface area contributed by atoms with Gasteiger partial charge in [0.2, 0.25) is 0 Å². The molecule has 0 radical (unpaired) electrons. The second kappa shape index (κ2) is 6.72. The van der Waals surface area contributed by atoms with Crippen LogP contribution in [0.4, 0.5) is 0 Å². The molecule has 0 unspecified atom stereocenters. The Bertz CT molecular complexity index is 665. The number of rotatable bonds is 4. The Morgan fingerprint density at radius 3 is 2.19 bits per heavy atom. The monoisotopic (exact) mass is 350 g/mol. The minimum absolute atomic E-state index is 0.255. The maximum atomic E-state index is 11.7. The predicted octanol–water partition coefficient (Wildman–Crippen LogP) is 3.11. The van der Waals surface area contributed by atoms with Crippen LogP contribution in [0.2, 0.25) is 0 Å². The zero-order valence-corrected chi connectivity index (χ0v) is 13.3. The van der Waals surface area contributed by atoms with Crippen LogP contribution >= 0.6 is 15.9 Å². The first-order chi connectivity index (χ1) is 10.0. The number of halogens is 1. The Morgan fingerprint density at radius 1 is 1.00 bits per heavy atom. The van der Waals surface area contributed by atoms with Gasteiger partial charge in [0.05, 0.1) is 14.2 Å². The van der Waals surface area contributed by atoms with Crippen LogP contribution in [0, 0.1) is 5.92 Å². The topological polar surface area (TPSA) is 52.6 Å². The lowest BCUT2D eigenvalue weighted by Crippen LogP contribution is -2.28. The molecule has 0 aromatic heterocycles. The SMILES string of the molecule is COC(=O)C(Cc1ccc2cc(Br)ccc2c1)C(=O)OC. The van der Waals surface area contributed by atoms with Gasteiger partial charge in [0, 0.05) is 4.47 Å². The van der Waals surface area contributed by atoms with Gasteiger partial charge in [-0.15, -0.1) is 0 Å². The number of fused-ring (bicyclic) bond motifs is 1. The molecule has 0 N–H and O–H groups in total. The zero-order valence-electron chi connectivity index (χ0n) is 11.8. The van der Waals surface area contributed by atoms with Gasteiger partial charge in [-0.25, -0.2) is 0 Å². The summed E-state index contributed by atoms with van der Waals surface area (Å²) in [6.07, 6.45) is 0.255. The molecule has 0 saturated carbocycles. The smallest absolute Gasteiger partial charge is 0.320 e. The number of esters is 2. The molecular formula is C16H15BrO4. The van der Waals surface area contributed by atoms with E-state index in [4.69, 9.17) is 0 Å². The number of carbonyl (C=O) groups is 2. The van der Waals surface area contributed by atoms with Gasteiger partial charge in [-0.2, -0.15) is 0 Å². The Balaban J connectivity index is 2.30. The molecule has 0 amide bonds. The number of hydrogen-bond acceptors (Lipinski definition) is 4. The lowest BCUT2D eigenvalue weighted by atomic mass is 9.97. The average Bonchev–Trinajstić information content (AvgIpc) is 2.51. The van der Waals surface area contributed by atoms with Gasteiger partial charge >= 0.3 is 11.9 Å². The highest BCUT2D eigenvalue weighted by atomic mass is 79.9. The maximum Gasteiger partial charge on any atom is 0.320 e. The standard InChI is InChI=1S/C16H15BrO4/c1-20-15(18)14(16(19)21-2)8-10-3-4-12-9-13(17)6-5-11(12)7-10/h3-7,9,14H,8H2,1-2H3. The predicted molar refractivity (Wildman–Crippen MR) is 82.9 cm³/mol. The van der Waals surface area contributed by atoms with E-state index < -0.39 is 17.9 Å². The fourth-order valence-electron chi connectivity index (χ4n) is 2.18. The largest absolute Gasteiger partial charge is 0.468 e. The summed E-state index contributed by atoms with van der Waals surface area (Å²) in [6.45, 7) is 0. The van der Waals surface area contributed by atoms with Crippen molar-refractivity contribution in [2.75, 3.05) is 14.2 Å². The molecule has 0 fully saturated rings. The Hall–Kier alpha value is -1.88. The molecule has 0 aliphatic heterocycles. The van der Waals surface area contributed by atoms with E-state index in [2.05, 4.69) is 25.4 Å². The number of methoxy groups -OCH3 is 2. The summed E-state index contributed by atoms with van der Waals surface area (Å²) < 4.78 is 10.3. The molecule has 0 heterocycles. The van der Waals surface area contributed by atoms with Crippen LogP contribution < -0.4 is 0 Å². The van der Waals surface area contributed by atoms with Gasteiger partial charge in [0.1, 0.15) is 0 Å². The van der Waals surface area contributed by atoms with Gasteiger partial charge in [0.25, 0.3) is 0 Å². The Morgan fingerprint density at radius 2 is 1.57 bits per heavy atom. The third-order valence-electron chi connectivity index (χ3n) is 3.28. The second-order valence-corrected chi connectivity index (χ2v) is 5.54. The molecule has 0 spiro atoms. The van der Waals surface area contributed by atoms with Gasteiger partial charge < -0.3 is 9.47 Å². The third kappa shape index (κ3) is 3.61. The summed E-state index contributed by atoms with van der Waals surface area (Å²) in [7, 11) is 2.52. The summed E-state index contributed by atoms with van der Waals surface area (Å²) in [5.74, 6) is -2.11. The van der Waals surface area contributed by atoms with Gasteiger partial charge in [-0.1, -0.05) is 40.2 Å². The maximum absolute atomic E-state index is 11.7. The average molecular weight is 351 g/mol. The first kappa shape index (κ1) is 15.5. The van der Waals surface area contributed by atoms with Crippen molar-refractivity contribution in [1.82, 2.24) is 0 Å². The van der Waals surface area contributed by atoms with E-state index in [1.54, 1.807) is 0 Å². The summed E-state index contributed by atoms with van der Waals surface area (Å²) in [5.41, 5.74) is 0.880. The van der Waals surface area contributed by atoms with E-state index in [1.807, 2.05) is 36.4 Å². The summed E-state index contributed by atoms with van der Waals surface area (Å²) in [4.78, 5) is 23.4. The minimum Gasteiger partial charge on any atom is -0.468 e. The van der Waals surface area contributed by atoms with E-state index >= 15 is 0 Å². The molecule has 0 saturated heterocycles. The van der Waals surface area contributed by atoms with Crippen molar-refractivity contribution in [3.05, 3.63) is 46.4 Å². The molecular weight excluding hydrogens is 336 g/mol. The lowest BCUT2D eigenvalue weighted by molar-refractivity contribution is -0.158. The molecule has 2 aromatic carbocycles. The molecule has 110 valence electrons. The van der Waals surface area contributed by atoms with Crippen molar-refractivity contribution in [3.63, 3.8) is 0 Å². The molecule has 2 rings (SSSR count). The lowest BCUT2D eigenvalue weighted by Gasteiger charge is -2.13. The van der Waals surface area contributed by atoms with E-state index in [0.717, 1.165) is 20.8 Å². The molecule has 0 aliphatic rings. The molecule has 0 atom stereocenters. The van der Waals surface area contributed by atoms with E-state index in [1.165, 1.54) is 14.2 Å². The summed E-state index contributed by atoms with van der Waals surface area (Å²) in [6, 6.07) is 11.8. The fraction of sp³-hybridized carbons (Fsp3) is 0.250. The number of hydrogen-bond donors (Lipinski definition) is 0. The van der Waals surface area contributed by atoms with Gasteiger partial charge in [-0.3, -0.25) is 9.59 Å². The zero-order chi connectivity index (χ0) is 15.4. The van der Waals surface area contributed by atoms with Gasteiger partial charge in [0.15, 0.2) is 5.92 Å². The molecule has 0 bridgehead atoms. The first-order valence-corrected chi connectivity index (χ1v) is 7.18. The van der Waals surface area contributed by atoms with E-state index in [-0.39, 0.29) is 6.42 Å². The number of ether oxygens (including phenoxy) is 2. The number of benzene rings is 2. The van der Waals surface area contributed by atoms with E-state index in [9.17, 15) is 9.59 Å². The highest BCUT2D eigenvalue weighted by Gasteiger charge is 2.28. The molecule has 0 aliphatic carbocycles. The van der Waals surface area contributed by atoms with Crippen molar-refractivity contribution in [3.8, 4) is 0 Å². The molecule has 21 heavy (non-hydrogen) atoms. The van der Waals surface area contributed by atoms with E-state index in [0.29, 0.717) is 0 Å². The molecule has 4 nitrogen and oxygen atoms in total. The summed E-state index contributed by atoms with van der Waals surface area (Å²) in [5, 5.41) is 2.13. The van der Waals surface area contributed by atoms with Crippen LogP contribution in [0.3, 0.4) is 0 Å². The van der Waals surface area contributed by atoms with Crippen molar-refractivity contribution in [2.24, 2.45) is 5.92 Å². The van der Waals surface area contributed by atoms with Crippen LogP contribution in [0.5, 0.6) is 0 Å². The third-order valence-corrected chi connectivity index (χ3v) is 3.77. The van der Waals surface area contributed by atoms with Crippen molar-refractivity contribution < 1.29 is 19.1 Å². The fourth-order valence-corrected chi connectivity index (χ4v) is 2.55. The second-order valence-electron chi connectivity index (χ2n) is 4.63. The van der Waals surface area contributed by atoms with Crippen molar-refractivity contribution in [1.29, 1.82) is 0 Å².